The summed E-state index contributed by atoms with van der Waals surface area (Å²) in [6.07, 6.45) is 2.65. The van der Waals surface area contributed by atoms with Crippen LogP contribution in [0, 0.1) is 0 Å². The predicted octanol–water partition coefficient (Wildman–Crippen LogP) is 4.55. The molecule has 5 heteroatoms. The Bertz CT molecular complexity index is 1110. The fraction of sp³-hybridized carbons (Fsp3) is 0.308. The van der Waals surface area contributed by atoms with Gasteiger partial charge in [-0.3, -0.25) is 4.90 Å². The Balaban J connectivity index is 1.59. The molecule has 5 rings (SSSR count). The van der Waals surface area contributed by atoms with Gasteiger partial charge in [-0.25, -0.2) is 0 Å². The Hall–Kier alpha value is -3.18. The molecule has 0 radical (unpaired) electrons. The van der Waals surface area contributed by atoms with Gasteiger partial charge in [0.15, 0.2) is 11.5 Å². The highest BCUT2D eigenvalue weighted by Gasteiger charge is 2.39. The zero-order valence-corrected chi connectivity index (χ0v) is 17.8. The summed E-state index contributed by atoms with van der Waals surface area (Å²) in [6, 6.07) is 17.8. The number of methoxy groups -OCH3 is 2. The summed E-state index contributed by atoms with van der Waals surface area (Å²) in [7, 11) is 3.35. The lowest BCUT2D eigenvalue weighted by Crippen LogP contribution is -2.43. The normalized spacial score (nSPS) is 19.8. The molecule has 160 valence electrons. The lowest BCUT2D eigenvalue weighted by molar-refractivity contribution is 0.106. The number of hydrogen-bond donors (Lipinski definition) is 2. The molecule has 2 heterocycles. The first-order valence-electron chi connectivity index (χ1n) is 10.7. The Morgan fingerprint density at radius 2 is 1.55 bits per heavy atom. The van der Waals surface area contributed by atoms with Crippen LogP contribution >= 0.6 is 0 Å². The van der Waals surface area contributed by atoms with Crippen molar-refractivity contribution in [1.82, 2.24) is 4.90 Å². The topological polar surface area (TPSA) is 62.2 Å². The molecular weight excluding hydrogens is 390 g/mol. The first-order chi connectivity index (χ1) is 15.1. The second kappa shape index (κ2) is 7.82. The van der Waals surface area contributed by atoms with Gasteiger partial charge in [-0.2, -0.15) is 0 Å². The summed E-state index contributed by atoms with van der Waals surface area (Å²) in [5, 5.41) is 19.9. The number of ether oxygens (including phenoxy) is 2. The number of hydrogen-bond acceptors (Lipinski definition) is 5. The lowest BCUT2D eigenvalue weighted by atomic mass is 9.79. The number of fused-ring (bicyclic) bond motifs is 4. The Morgan fingerprint density at radius 3 is 2.29 bits per heavy atom. The van der Waals surface area contributed by atoms with E-state index < -0.39 is 0 Å². The zero-order chi connectivity index (χ0) is 21.5. The largest absolute Gasteiger partial charge is 0.508 e. The quantitative estimate of drug-likeness (QED) is 0.652. The van der Waals surface area contributed by atoms with Crippen LogP contribution in [0.1, 0.15) is 39.9 Å². The van der Waals surface area contributed by atoms with Crippen molar-refractivity contribution >= 4 is 0 Å². The van der Waals surface area contributed by atoms with Gasteiger partial charge in [0.05, 0.1) is 14.2 Å². The van der Waals surface area contributed by atoms with Gasteiger partial charge >= 0.3 is 0 Å². The van der Waals surface area contributed by atoms with Crippen molar-refractivity contribution in [2.45, 2.75) is 31.3 Å². The van der Waals surface area contributed by atoms with Crippen molar-refractivity contribution in [3.63, 3.8) is 0 Å². The third-order valence-corrected chi connectivity index (χ3v) is 6.71. The van der Waals surface area contributed by atoms with Crippen molar-refractivity contribution in [2.75, 3.05) is 20.8 Å². The van der Waals surface area contributed by atoms with Gasteiger partial charge in [0.2, 0.25) is 0 Å². The molecule has 0 aromatic heterocycles. The molecule has 2 unspecified atom stereocenters. The van der Waals surface area contributed by atoms with E-state index >= 15 is 0 Å². The van der Waals surface area contributed by atoms with E-state index in [1.807, 2.05) is 18.2 Å². The van der Waals surface area contributed by atoms with Gasteiger partial charge in [-0.05, 0) is 83.5 Å². The van der Waals surface area contributed by atoms with E-state index in [0.29, 0.717) is 5.75 Å². The summed E-state index contributed by atoms with van der Waals surface area (Å²) in [5.74, 6) is 2.11. The van der Waals surface area contributed by atoms with Crippen LogP contribution < -0.4 is 9.47 Å². The van der Waals surface area contributed by atoms with E-state index in [9.17, 15) is 10.2 Å². The lowest BCUT2D eigenvalue weighted by Gasteiger charge is -2.47. The van der Waals surface area contributed by atoms with E-state index in [1.54, 1.807) is 32.4 Å². The molecule has 2 aliphatic rings. The highest BCUT2D eigenvalue weighted by molar-refractivity contribution is 5.51. The molecule has 2 atom stereocenters. The standard InChI is InChI=1S/C26H27NO4/c1-30-25-13-18-9-10-27-23(11-16-3-6-19(28)7-4-16)21-14-20(29)8-5-17(21)12-24(27)22(18)15-26(25)31-2/h3-8,13-15,23-24,28-29H,9-12H2,1-2H3. The highest BCUT2D eigenvalue weighted by Crippen LogP contribution is 2.47. The zero-order valence-electron chi connectivity index (χ0n) is 17.8. The molecule has 0 bridgehead atoms. The molecule has 0 amide bonds. The monoisotopic (exact) mass is 417 g/mol. The van der Waals surface area contributed by atoms with Crippen LogP contribution in [0.15, 0.2) is 54.6 Å². The minimum absolute atomic E-state index is 0.145. The maximum Gasteiger partial charge on any atom is 0.161 e. The fourth-order valence-electron chi connectivity index (χ4n) is 5.20. The molecule has 0 fully saturated rings. The van der Waals surface area contributed by atoms with Crippen LogP contribution in [0.3, 0.4) is 0 Å². The molecule has 2 N–H and O–H groups in total. The maximum absolute atomic E-state index is 10.2. The maximum atomic E-state index is 10.2. The van der Waals surface area contributed by atoms with E-state index in [1.165, 1.54) is 22.3 Å². The third kappa shape index (κ3) is 3.49. The smallest absolute Gasteiger partial charge is 0.161 e. The second-order valence-corrected chi connectivity index (χ2v) is 8.38. The molecule has 0 spiro atoms. The number of rotatable bonds is 4. The molecule has 5 nitrogen and oxygen atoms in total. The van der Waals surface area contributed by atoms with Crippen LogP contribution in [0.2, 0.25) is 0 Å². The SMILES string of the molecule is COc1cc2c(cc1OC)C1Cc3ccc(O)cc3C(Cc3ccc(O)cc3)N1CC2. The Kier molecular flexibility index (Phi) is 4.98. The first kappa shape index (κ1) is 19.8. The van der Waals surface area contributed by atoms with Gasteiger partial charge in [0, 0.05) is 18.6 Å². The average molecular weight is 418 g/mol. The summed E-state index contributed by atoms with van der Waals surface area (Å²) in [4.78, 5) is 2.56. The van der Waals surface area contributed by atoms with Crippen molar-refractivity contribution in [1.29, 1.82) is 0 Å². The van der Waals surface area contributed by atoms with Gasteiger partial charge in [-0.15, -0.1) is 0 Å². The minimum Gasteiger partial charge on any atom is -0.508 e. The molecule has 3 aromatic carbocycles. The molecular formula is C26H27NO4. The molecule has 0 saturated carbocycles. The second-order valence-electron chi connectivity index (χ2n) is 8.38. The first-order valence-corrected chi connectivity index (χ1v) is 10.7. The van der Waals surface area contributed by atoms with E-state index in [4.69, 9.17) is 9.47 Å². The summed E-state index contributed by atoms with van der Waals surface area (Å²) >= 11 is 0. The van der Waals surface area contributed by atoms with Gasteiger partial charge < -0.3 is 19.7 Å². The molecule has 0 aliphatic carbocycles. The molecule has 31 heavy (non-hydrogen) atoms. The molecule has 2 aliphatic heterocycles. The van der Waals surface area contributed by atoms with Gasteiger partial charge in [0.1, 0.15) is 11.5 Å². The number of benzene rings is 3. The van der Waals surface area contributed by atoms with Crippen LogP contribution in [0.4, 0.5) is 0 Å². The van der Waals surface area contributed by atoms with E-state index in [2.05, 4.69) is 23.1 Å². The van der Waals surface area contributed by atoms with Crippen molar-refractivity contribution in [3.8, 4) is 23.0 Å². The highest BCUT2D eigenvalue weighted by atomic mass is 16.5. The number of nitrogens with zero attached hydrogens (tertiary/aromatic N) is 1. The average Bonchev–Trinajstić information content (AvgIpc) is 2.79. The van der Waals surface area contributed by atoms with Gasteiger partial charge in [-0.1, -0.05) is 18.2 Å². The van der Waals surface area contributed by atoms with E-state index in [-0.39, 0.29) is 17.8 Å². The van der Waals surface area contributed by atoms with Crippen LogP contribution in [-0.4, -0.2) is 35.9 Å². The number of phenols is 2. The van der Waals surface area contributed by atoms with Crippen LogP contribution in [0.5, 0.6) is 23.0 Å². The summed E-state index contributed by atoms with van der Waals surface area (Å²) < 4.78 is 11.1. The van der Waals surface area contributed by atoms with Crippen molar-refractivity contribution in [2.24, 2.45) is 0 Å². The molecule has 0 saturated heterocycles. The van der Waals surface area contributed by atoms with Crippen LogP contribution in [-0.2, 0) is 19.3 Å². The predicted molar refractivity (Wildman–Crippen MR) is 119 cm³/mol. The fourth-order valence-corrected chi connectivity index (χ4v) is 5.20. The minimum atomic E-state index is 0.145. The Labute approximate surface area is 182 Å². The van der Waals surface area contributed by atoms with Crippen molar-refractivity contribution in [3.05, 3.63) is 82.4 Å². The van der Waals surface area contributed by atoms with Crippen LogP contribution in [0.25, 0.3) is 0 Å². The summed E-state index contributed by atoms with van der Waals surface area (Å²) in [5.41, 5.74) is 6.22. The number of aromatic hydroxyl groups is 2. The molecule has 3 aromatic rings. The summed E-state index contributed by atoms with van der Waals surface area (Å²) in [6.45, 7) is 0.936. The van der Waals surface area contributed by atoms with E-state index in [0.717, 1.165) is 42.9 Å². The third-order valence-electron chi connectivity index (χ3n) is 6.71. The number of phenolic OH excluding ortho intramolecular Hbond substituents is 2. The van der Waals surface area contributed by atoms with Crippen molar-refractivity contribution < 1.29 is 19.7 Å². The Morgan fingerprint density at radius 1 is 0.839 bits per heavy atom. The van der Waals surface area contributed by atoms with Gasteiger partial charge in [0.25, 0.3) is 0 Å².